The zero-order chi connectivity index (χ0) is 24.9. The molecule has 1 fully saturated rings. The molecule has 1 aliphatic rings. The number of benzene rings is 1. The second-order valence-electron chi connectivity index (χ2n) is 8.94. The van der Waals surface area contributed by atoms with Gasteiger partial charge in [-0.15, -0.1) is 0 Å². The fourth-order valence-corrected chi connectivity index (χ4v) is 4.70. The Morgan fingerprint density at radius 3 is 2.44 bits per heavy atom. The number of hydrogen-bond donors (Lipinski definition) is 3. The number of anilines is 4. The maximum absolute atomic E-state index is 13.3. The van der Waals surface area contributed by atoms with Crippen LogP contribution in [0.1, 0.15) is 43.2 Å². The van der Waals surface area contributed by atoms with E-state index in [4.69, 9.17) is 4.98 Å². The summed E-state index contributed by atoms with van der Waals surface area (Å²) in [5.41, 5.74) is 4.16. The van der Waals surface area contributed by atoms with Crippen molar-refractivity contribution in [2.75, 3.05) is 41.7 Å². The third-order valence-corrected chi connectivity index (χ3v) is 6.66. The maximum Gasteiger partial charge on any atom is 0.272 e. The Balaban J connectivity index is 1.43. The third kappa shape index (κ3) is 5.01. The summed E-state index contributed by atoms with van der Waals surface area (Å²) in [5, 5.41) is 10.5. The van der Waals surface area contributed by atoms with Gasteiger partial charge in [0, 0.05) is 73.3 Å². The van der Waals surface area contributed by atoms with Gasteiger partial charge in [-0.1, -0.05) is 13.8 Å². The molecule has 1 aliphatic heterocycles. The highest BCUT2D eigenvalue weighted by atomic mass is 16.2. The molecule has 0 spiro atoms. The van der Waals surface area contributed by atoms with Crippen molar-refractivity contribution in [1.29, 1.82) is 0 Å². The molecule has 0 bridgehead atoms. The Labute approximate surface area is 211 Å². The highest BCUT2D eigenvalue weighted by Crippen LogP contribution is 2.28. The van der Waals surface area contributed by atoms with Gasteiger partial charge in [0.15, 0.2) is 0 Å². The van der Waals surface area contributed by atoms with Crippen molar-refractivity contribution in [3.05, 3.63) is 66.7 Å². The van der Waals surface area contributed by atoms with Gasteiger partial charge in [0.05, 0.1) is 0 Å². The van der Waals surface area contributed by atoms with Gasteiger partial charge in [0.25, 0.3) is 5.91 Å². The molecule has 3 aromatic heterocycles. The van der Waals surface area contributed by atoms with Crippen molar-refractivity contribution in [3.8, 4) is 0 Å². The van der Waals surface area contributed by atoms with Crippen LogP contribution in [0.3, 0.4) is 0 Å². The van der Waals surface area contributed by atoms with Gasteiger partial charge in [-0.25, -0.2) is 4.98 Å². The fourth-order valence-electron chi connectivity index (χ4n) is 4.70. The Bertz CT molecular complexity index is 1310. The molecule has 36 heavy (non-hydrogen) atoms. The van der Waals surface area contributed by atoms with Crippen molar-refractivity contribution in [1.82, 2.24) is 24.8 Å². The number of nitrogens with zero attached hydrogens (tertiary/aromatic N) is 5. The number of nitrogens with one attached hydrogen (secondary N) is 3. The minimum Gasteiger partial charge on any atom is -0.369 e. The molecule has 3 N–H and O–H groups in total. The number of hydrogen-bond acceptors (Lipinski definition) is 7. The molecule has 0 aliphatic carbocycles. The minimum atomic E-state index is -0.177. The molecular weight excluding hydrogens is 452 g/mol. The first-order valence-electron chi connectivity index (χ1n) is 12.6. The Hall–Kier alpha value is -3.98. The second kappa shape index (κ2) is 10.7. The summed E-state index contributed by atoms with van der Waals surface area (Å²) < 4.78 is 2.05. The van der Waals surface area contributed by atoms with Gasteiger partial charge < -0.3 is 25.4 Å². The van der Waals surface area contributed by atoms with E-state index in [1.807, 2.05) is 10.6 Å². The number of fused-ring (bicyclic) bond motifs is 1. The monoisotopic (exact) mass is 484 g/mol. The molecule has 1 saturated heterocycles. The first-order chi connectivity index (χ1) is 17.7. The van der Waals surface area contributed by atoms with E-state index in [0.29, 0.717) is 17.3 Å². The van der Waals surface area contributed by atoms with Crippen molar-refractivity contribution >= 4 is 40.0 Å². The largest absolute Gasteiger partial charge is 0.369 e. The second-order valence-corrected chi connectivity index (χ2v) is 8.94. The molecule has 4 heterocycles. The van der Waals surface area contributed by atoms with Crippen LogP contribution in [0.5, 0.6) is 0 Å². The summed E-state index contributed by atoms with van der Waals surface area (Å²) in [4.78, 5) is 29.0. The Kier molecular flexibility index (Phi) is 7.08. The predicted molar refractivity (Wildman–Crippen MR) is 144 cm³/mol. The number of rotatable bonds is 8. The lowest BCUT2D eigenvalue weighted by atomic mass is 10.1. The summed E-state index contributed by atoms with van der Waals surface area (Å²) in [6, 6.07) is 13.9. The average molecular weight is 485 g/mol. The summed E-state index contributed by atoms with van der Waals surface area (Å²) in [5.74, 6) is 0.327. The zero-order valence-electron chi connectivity index (χ0n) is 20.7. The maximum atomic E-state index is 13.3. The van der Waals surface area contributed by atoms with E-state index in [9.17, 15) is 4.79 Å². The summed E-state index contributed by atoms with van der Waals surface area (Å²) in [6.45, 7) is 8.29. The van der Waals surface area contributed by atoms with Crippen LogP contribution < -0.4 is 20.9 Å². The molecule has 9 nitrogen and oxygen atoms in total. The van der Waals surface area contributed by atoms with Gasteiger partial charge in [-0.05, 0) is 55.3 Å². The molecule has 0 radical (unpaired) electrons. The van der Waals surface area contributed by atoms with E-state index >= 15 is 0 Å². The number of carbonyl (C=O) groups excluding carboxylic acids is 1. The van der Waals surface area contributed by atoms with E-state index in [0.717, 1.165) is 55.7 Å². The lowest BCUT2D eigenvalue weighted by Crippen LogP contribution is -2.43. The molecule has 9 heteroatoms. The van der Waals surface area contributed by atoms with Crippen LogP contribution in [0.25, 0.3) is 11.0 Å². The predicted octanol–water partition coefficient (Wildman–Crippen LogP) is 4.59. The molecular formula is C27H32N8O. The molecule has 1 amide bonds. The van der Waals surface area contributed by atoms with Crippen LogP contribution in [-0.2, 0) is 0 Å². The van der Waals surface area contributed by atoms with E-state index in [1.54, 1.807) is 30.7 Å². The number of piperazine rings is 1. The standard InChI is InChI=1S/C27H32N8O/c1-3-22(4-2)35-24(26(36)31-21-9-11-28-12-10-21)17-19-18-30-27(33-25(19)35)32-20-5-7-23(8-6-20)34-15-13-29-14-16-34/h5-12,17-18,22,29H,3-4,13-16H2,1-2H3,(H,28,31,36)(H,30,32,33). The van der Waals surface area contributed by atoms with Gasteiger partial charge in [0.2, 0.25) is 5.95 Å². The van der Waals surface area contributed by atoms with E-state index in [1.165, 1.54) is 5.69 Å². The van der Waals surface area contributed by atoms with E-state index < -0.39 is 0 Å². The average Bonchev–Trinajstić information content (AvgIpc) is 3.30. The minimum absolute atomic E-state index is 0.141. The van der Waals surface area contributed by atoms with Crippen LogP contribution in [0.2, 0.25) is 0 Å². The van der Waals surface area contributed by atoms with Crippen molar-refractivity contribution < 1.29 is 4.79 Å². The van der Waals surface area contributed by atoms with E-state index in [2.05, 4.69) is 68.9 Å². The Morgan fingerprint density at radius 2 is 1.75 bits per heavy atom. The van der Waals surface area contributed by atoms with Gasteiger partial charge in [-0.2, -0.15) is 4.98 Å². The van der Waals surface area contributed by atoms with Gasteiger partial charge >= 0.3 is 0 Å². The lowest BCUT2D eigenvalue weighted by Gasteiger charge is -2.29. The SMILES string of the molecule is CCC(CC)n1c(C(=O)Nc2ccncc2)cc2cnc(Nc3ccc(N4CCNCC4)cc3)nc21. The van der Waals surface area contributed by atoms with Crippen LogP contribution in [0.4, 0.5) is 23.0 Å². The van der Waals surface area contributed by atoms with Crippen LogP contribution >= 0.6 is 0 Å². The van der Waals surface area contributed by atoms with E-state index in [-0.39, 0.29) is 11.9 Å². The molecule has 0 unspecified atom stereocenters. The molecule has 0 saturated carbocycles. The van der Waals surface area contributed by atoms with Crippen molar-refractivity contribution in [2.24, 2.45) is 0 Å². The van der Waals surface area contributed by atoms with Crippen LogP contribution in [-0.4, -0.2) is 51.6 Å². The number of amides is 1. The smallest absolute Gasteiger partial charge is 0.272 e. The first-order valence-corrected chi connectivity index (χ1v) is 12.6. The number of pyridine rings is 1. The van der Waals surface area contributed by atoms with Crippen molar-refractivity contribution in [2.45, 2.75) is 32.7 Å². The molecule has 186 valence electrons. The zero-order valence-corrected chi connectivity index (χ0v) is 20.7. The van der Waals surface area contributed by atoms with Crippen LogP contribution in [0.15, 0.2) is 61.1 Å². The molecule has 1 aromatic carbocycles. The number of carbonyl (C=O) groups is 1. The molecule has 4 aromatic rings. The highest BCUT2D eigenvalue weighted by Gasteiger charge is 2.22. The Morgan fingerprint density at radius 1 is 1.03 bits per heavy atom. The fraction of sp³-hybridized carbons (Fsp3) is 0.333. The van der Waals surface area contributed by atoms with Crippen LogP contribution in [0, 0.1) is 0 Å². The number of aromatic nitrogens is 4. The quantitative estimate of drug-likeness (QED) is 0.336. The van der Waals surface area contributed by atoms with Gasteiger partial charge in [0.1, 0.15) is 11.3 Å². The normalized spacial score (nSPS) is 13.8. The third-order valence-electron chi connectivity index (χ3n) is 6.66. The summed E-state index contributed by atoms with van der Waals surface area (Å²) in [7, 11) is 0. The first kappa shape index (κ1) is 23.7. The summed E-state index contributed by atoms with van der Waals surface area (Å²) >= 11 is 0. The van der Waals surface area contributed by atoms with Gasteiger partial charge in [-0.3, -0.25) is 9.78 Å². The molecule has 0 atom stereocenters. The highest BCUT2D eigenvalue weighted by molar-refractivity contribution is 6.06. The topological polar surface area (TPSA) is 100 Å². The summed E-state index contributed by atoms with van der Waals surface area (Å²) in [6.07, 6.45) is 6.87. The van der Waals surface area contributed by atoms with Crippen molar-refractivity contribution in [3.63, 3.8) is 0 Å². The molecule has 5 rings (SSSR count). The lowest BCUT2D eigenvalue weighted by molar-refractivity contribution is 0.101.